The Morgan fingerprint density at radius 3 is 1.96 bits per heavy atom. The first-order valence-corrected chi connectivity index (χ1v) is 17.2. The fraction of sp³-hybridized carbons (Fsp3) is 0.636. The fourth-order valence-electron chi connectivity index (χ4n) is 4.72. The molecule has 0 saturated carbocycles. The maximum Gasteiger partial charge on any atom is 0.328 e. The molecular weight excluding hydrogens is 701 g/mol. The second kappa shape index (κ2) is 20.5. The highest BCUT2D eigenvalue weighted by Gasteiger charge is 2.35. The largest absolute Gasteiger partial charge is 0.460 e. The lowest BCUT2D eigenvalue weighted by atomic mass is 9.98. The Labute approximate surface area is 303 Å². The predicted molar refractivity (Wildman–Crippen MR) is 188 cm³/mol. The highest BCUT2D eigenvalue weighted by Crippen LogP contribution is 2.26. The number of likely N-dealkylation sites (N-methyl/N-ethyl adjacent to an activating group) is 2. The molecule has 0 aromatic heterocycles. The molecule has 0 heterocycles. The number of ether oxygens (including phenoxy) is 1. The fourth-order valence-corrected chi connectivity index (χ4v) is 4.88. The molecule has 0 saturated heterocycles. The Bertz CT molecular complexity index is 1280. The molecule has 0 aliphatic rings. The number of hydrogen-bond donors (Lipinski definition) is 4. The number of carbonyl (C=O) groups is 6. The van der Waals surface area contributed by atoms with Crippen molar-refractivity contribution in [2.75, 3.05) is 27.2 Å². The van der Waals surface area contributed by atoms with Crippen molar-refractivity contribution in [1.29, 1.82) is 0 Å². The van der Waals surface area contributed by atoms with E-state index >= 15 is 0 Å². The van der Waals surface area contributed by atoms with Gasteiger partial charge in [-0.1, -0.05) is 99.3 Å². The van der Waals surface area contributed by atoms with Crippen LogP contribution >= 0.6 is 34.8 Å². The van der Waals surface area contributed by atoms with Gasteiger partial charge in [-0.2, -0.15) is 0 Å². The van der Waals surface area contributed by atoms with E-state index in [2.05, 4.69) is 16.0 Å². The first-order chi connectivity index (χ1) is 22.7. The van der Waals surface area contributed by atoms with E-state index in [-0.39, 0.29) is 24.7 Å². The van der Waals surface area contributed by atoms with Crippen LogP contribution in [0.2, 0.25) is 0 Å². The number of rotatable bonds is 18. The maximum absolute atomic E-state index is 13.8. The van der Waals surface area contributed by atoms with Gasteiger partial charge >= 0.3 is 5.97 Å². The summed E-state index contributed by atoms with van der Waals surface area (Å²) in [6.07, 6.45) is -0.477. The van der Waals surface area contributed by atoms with E-state index in [1.807, 2.05) is 26.8 Å². The van der Waals surface area contributed by atoms with Crippen LogP contribution in [0.15, 0.2) is 30.3 Å². The molecule has 276 valence electrons. The third-order valence-corrected chi connectivity index (χ3v) is 8.09. The van der Waals surface area contributed by atoms with Gasteiger partial charge in [-0.25, -0.2) is 4.79 Å². The Hall–Kier alpha value is -3.13. The number of hydrogen-bond acceptors (Lipinski definition) is 8. The van der Waals surface area contributed by atoms with E-state index in [4.69, 9.17) is 39.5 Å². The highest BCUT2D eigenvalue weighted by atomic mass is 35.6. The van der Waals surface area contributed by atoms with E-state index in [0.717, 1.165) is 10.5 Å². The smallest absolute Gasteiger partial charge is 0.328 e. The Morgan fingerprint density at radius 2 is 1.43 bits per heavy atom. The average molecular weight is 751 g/mol. The molecule has 49 heavy (non-hydrogen) atoms. The number of nitrogens with one attached hydrogen (secondary N) is 3. The number of alkyl halides is 3. The van der Waals surface area contributed by atoms with E-state index in [1.54, 1.807) is 31.2 Å². The minimum absolute atomic E-state index is 0.0534. The highest BCUT2D eigenvalue weighted by molar-refractivity contribution is 6.67. The number of aliphatic hydroxyl groups is 1. The van der Waals surface area contributed by atoms with Crippen molar-refractivity contribution >= 4 is 70.3 Å². The lowest BCUT2D eigenvalue weighted by Crippen LogP contribution is -2.57. The second-order valence-electron chi connectivity index (χ2n) is 12.6. The summed E-state index contributed by atoms with van der Waals surface area (Å²) in [5, 5.41) is 17.8. The van der Waals surface area contributed by atoms with Gasteiger partial charge in [-0.05, 0) is 37.7 Å². The predicted octanol–water partition coefficient (Wildman–Crippen LogP) is 2.38. The molecule has 16 heteroatoms. The quantitative estimate of drug-likeness (QED) is 0.131. The number of halogens is 3. The van der Waals surface area contributed by atoms with Crippen LogP contribution in [0.4, 0.5) is 0 Å². The minimum Gasteiger partial charge on any atom is -0.460 e. The zero-order chi connectivity index (χ0) is 37.6. The number of nitrogens with zero attached hydrogens (tertiary/aromatic N) is 2. The minimum atomic E-state index is -1.83. The van der Waals surface area contributed by atoms with Gasteiger partial charge in [0.05, 0.1) is 6.54 Å². The van der Waals surface area contributed by atoms with Gasteiger partial charge in [0.2, 0.25) is 33.3 Å². The summed E-state index contributed by atoms with van der Waals surface area (Å²) in [6, 6.07) is 4.66. The van der Waals surface area contributed by atoms with Gasteiger partial charge in [0, 0.05) is 20.5 Å². The van der Waals surface area contributed by atoms with Crippen molar-refractivity contribution in [3.05, 3.63) is 35.9 Å². The molecule has 1 rings (SSSR count). The van der Waals surface area contributed by atoms with Gasteiger partial charge in [-0.3, -0.25) is 24.0 Å². The maximum atomic E-state index is 13.8. The molecule has 0 aliphatic carbocycles. The number of benzene rings is 1. The number of esters is 1. The molecule has 4 N–H and O–H groups in total. The lowest BCUT2D eigenvalue weighted by molar-refractivity contribution is -0.148. The zero-order valence-electron chi connectivity index (χ0n) is 29.3. The van der Waals surface area contributed by atoms with Gasteiger partial charge in [0.25, 0.3) is 0 Å². The molecular formula is C33H50Cl3N5O8. The SMILES string of the molecule is CC[C@H](C)[C@H](NC(=O)CN(C)C(=O)[C@H](Cc1ccccc1)N(C)C(=O)[C@@H](C)NC(=O)[C@@H](O)CC(C)C)C(=O)N[C@@H](C)C(=O)OCC(Cl)(Cl)Cl. The molecule has 0 fully saturated rings. The van der Waals surface area contributed by atoms with Crippen molar-refractivity contribution < 1.29 is 38.6 Å². The molecule has 0 bridgehead atoms. The molecule has 6 atom stereocenters. The van der Waals surface area contributed by atoms with Crippen LogP contribution in [0.3, 0.4) is 0 Å². The van der Waals surface area contributed by atoms with Crippen LogP contribution in [0.1, 0.15) is 59.9 Å². The standard InChI is InChI=1S/C33H50Cl3N5O8/c1-9-20(4)27(29(45)38-22(6)32(48)49-18-33(34,35)36)39-26(43)17-40(7)31(47)24(16-23-13-11-10-12-14-23)41(8)30(46)21(5)37-28(44)25(42)15-19(2)3/h10-14,19-22,24-25,27,42H,9,15-18H2,1-8H3,(H,37,44)(H,38,45)(H,39,43)/t20-,21+,22-,24-,25-,27-/m0/s1. The molecule has 0 unspecified atom stereocenters. The van der Waals surface area contributed by atoms with Crippen LogP contribution in [0, 0.1) is 11.8 Å². The molecule has 0 aliphatic heterocycles. The summed E-state index contributed by atoms with van der Waals surface area (Å²) in [7, 11) is 2.82. The number of amides is 5. The van der Waals surface area contributed by atoms with Crippen molar-refractivity contribution in [3.63, 3.8) is 0 Å². The molecule has 13 nitrogen and oxygen atoms in total. The van der Waals surface area contributed by atoms with E-state index < -0.39 is 82.7 Å². The summed E-state index contributed by atoms with van der Waals surface area (Å²) in [6.45, 7) is 9.12. The Morgan fingerprint density at radius 1 is 0.857 bits per heavy atom. The van der Waals surface area contributed by atoms with Gasteiger partial charge < -0.3 is 35.6 Å². The zero-order valence-corrected chi connectivity index (χ0v) is 31.6. The first kappa shape index (κ1) is 43.9. The van der Waals surface area contributed by atoms with Gasteiger partial charge in [0.15, 0.2) is 0 Å². The Balaban J connectivity index is 3.09. The summed E-state index contributed by atoms with van der Waals surface area (Å²) < 4.78 is 3.08. The van der Waals surface area contributed by atoms with Crippen LogP contribution in [-0.4, -0.2) is 112 Å². The van der Waals surface area contributed by atoms with Crippen molar-refractivity contribution in [2.24, 2.45) is 11.8 Å². The summed E-state index contributed by atoms with van der Waals surface area (Å²) >= 11 is 16.8. The van der Waals surface area contributed by atoms with Crippen LogP contribution in [0.5, 0.6) is 0 Å². The summed E-state index contributed by atoms with van der Waals surface area (Å²) in [4.78, 5) is 80.7. The summed E-state index contributed by atoms with van der Waals surface area (Å²) in [5.41, 5.74) is 0.748. The molecule has 1 aromatic rings. The molecule has 1 aromatic carbocycles. The van der Waals surface area contributed by atoms with Gasteiger partial charge in [-0.15, -0.1) is 0 Å². The van der Waals surface area contributed by atoms with E-state index in [0.29, 0.717) is 6.42 Å². The topological polar surface area (TPSA) is 174 Å². The van der Waals surface area contributed by atoms with E-state index in [9.17, 15) is 33.9 Å². The van der Waals surface area contributed by atoms with E-state index in [1.165, 1.54) is 32.8 Å². The van der Waals surface area contributed by atoms with Crippen molar-refractivity contribution in [2.45, 2.75) is 94.9 Å². The normalized spacial score (nSPS) is 15.1. The Kier molecular flexibility index (Phi) is 18.4. The van der Waals surface area contributed by atoms with Crippen LogP contribution in [-0.2, 0) is 39.9 Å². The first-order valence-electron chi connectivity index (χ1n) is 16.0. The molecule has 0 radical (unpaired) electrons. The average Bonchev–Trinajstić information content (AvgIpc) is 3.03. The van der Waals surface area contributed by atoms with Crippen molar-refractivity contribution in [1.82, 2.24) is 25.8 Å². The second-order valence-corrected chi connectivity index (χ2v) is 15.1. The van der Waals surface area contributed by atoms with Crippen molar-refractivity contribution in [3.8, 4) is 0 Å². The molecule has 5 amide bonds. The number of carbonyl (C=O) groups excluding carboxylic acids is 6. The lowest BCUT2D eigenvalue weighted by Gasteiger charge is -2.33. The van der Waals surface area contributed by atoms with Crippen LogP contribution in [0.25, 0.3) is 0 Å². The monoisotopic (exact) mass is 749 g/mol. The van der Waals surface area contributed by atoms with Gasteiger partial charge in [0.1, 0.15) is 36.9 Å². The molecule has 0 spiro atoms. The summed E-state index contributed by atoms with van der Waals surface area (Å²) in [5.74, 6) is -4.31. The van der Waals surface area contributed by atoms with Crippen LogP contribution < -0.4 is 16.0 Å². The third-order valence-electron chi connectivity index (χ3n) is 7.76. The number of aliphatic hydroxyl groups excluding tert-OH is 1. The third kappa shape index (κ3) is 15.5.